The predicted octanol–water partition coefficient (Wildman–Crippen LogP) is 1.41. The number of hydrogen-bond donors (Lipinski definition) is 2. The summed E-state index contributed by atoms with van der Waals surface area (Å²) in [6.45, 7) is 2.53. The molecule has 2 atom stereocenters. The number of hydrogen-bond acceptors (Lipinski definition) is 4. The summed E-state index contributed by atoms with van der Waals surface area (Å²) in [6, 6.07) is 3.60. The highest BCUT2D eigenvalue weighted by Gasteiger charge is 2.28. The number of aliphatic hydroxyl groups is 1. The first-order valence-electron chi connectivity index (χ1n) is 6.98. The highest BCUT2D eigenvalue weighted by molar-refractivity contribution is 7.89. The summed E-state index contributed by atoms with van der Waals surface area (Å²) >= 11 is 0. The molecule has 7 heteroatoms. The minimum Gasteiger partial charge on any atom is -0.392 e. The summed E-state index contributed by atoms with van der Waals surface area (Å²) in [5.74, 6) is -0.742. The molecule has 0 saturated carbocycles. The molecule has 0 aliphatic carbocycles. The molecule has 2 N–H and O–H groups in total. The maximum absolute atomic E-state index is 13.8. The van der Waals surface area contributed by atoms with Crippen molar-refractivity contribution in [2.45, 2.75) is 37.4 Å². The lowest BCUT2D eigenvalue weighted by molar-refractivity contribution is 0.0884. The van der Waals surface area contributed by atoms with Crippen LogP contribution in [0, 0.1) is 11.7 Å². The summed E-state index contributed by atoms with van der Waals surface area (Å²) in [6.07, 6.45) is 1.67. The number of benzene rings is 1. The van der Waals surface area contributed by atoms with Crippen molar-refractivity contribution >= 4 is 10.0 Å². The van der Waals surface area contributed by atoms with Crippen molar-refractivity contribution in [3.05, 3.63) is 29.6 Å². The molecule has 0 amide bonds. The first kappa shape index (κ1) is 16.4. The number of ether oxygens (including phenoxy) is 1. The van der Waals surface area contributed by atoms with Crippen LogP contribution in [0.5, 0.6) is 0 Å². The fourth-order valence-corrected chi connectivity index (χ4v) is 3.68. The summed E-state index contributed by atoms with van der Waals surface area (Å²) in [5.41, 5.74) is 0.335. The van der Waals surface area contributed by atoms with Crippen LogP contribution in [0.25, 0.3) is 0 Å². The Hall–Kier alpha value is -1.02. The van der Waals surface area contributed by atoms with Crippen molar-refractivity contribution in [1.29, 1.82) is 0 Å². The van der Waals surface area contributed by atoms with E-state index in [4.69, 9.17) is 9.84 Å². The van der Waals surface area contributed by atoms with E-state index in [9.17, 15) is 12.8 Å². The van der Waals surface area contributed by atoms with E-state index >= 15 is 0 Å². The molecule has 1 aromatic rings. The van der Waals surface area contributed by atoms with E-state index in [0.29, 0.717) is 12.2 Å². The zero-order valence-corrected chi connectivity index (χ0v) is 12.7. The largest absolute Gasteiger partial charge is 0.392 e. The average Bonchev–Trinajstić information content (AvgIpc) is 2.92. The SMILES string of the molecule is CCC1OCCC1CNS(=O)(=O)c1ccc(CO)cc1F. The fourth-order valence-electron chi connectivity index (χ4n) is 2.53. The monoisotopic (exact) mass is 317 g/mol. The van der Waals surface area contributed by atoms with E-state index in [0.717, 1.165) is 18.9 Å². The first-order valence-corrected chi connectivity index (χ1v) is 8.46. The van der Waals surface area contributed by atoms with Crippen LogP contribution in [0.4, 0.5) is 4.39 Å². The lowest BCUT2D eigenvalue weighted by Gasteiger charge is -2.17. The molecule has 21 heavy (non-hydrogen) atoms. The minimum atomic E-state index is -3.90. The van der Waals surface area contributed by atoms with Gasteiger partial charge in [0.15, 0.2) is 0 Å². The van der Waals surface area contributed by atoms with Crippen molar-refractivity contribution in [3.8, 4) is 0 Å². The van der Waals surface area contributed by atoms with Gasteiger partial charge in [0.1, 0.15) is 10.7 Å². The van der Waals surface area contributed by atoms with Crippen LogP contribution in [0.1, 0.15) is 25.3 Å². The smallest absolute Gasteiger partial charge is 0.243 e. The standard InChI is InChI=1S/C14H20FNO4S/c1-2-13-11(5-6-20-13)8-16-21(18,19)14-4-3-10(9-17)7-12(14)15/h3-4,7,11,13,16-17H,2,5-6,8-9H2,1H3. The Bertz CT molecular complexity index is 591. The molecular formula is C14H20FNO4S. The maximum Gasteiger partial charge on any atom is 0.243 e. The Morgan fingerprint density at radius 3 is 2.86 bits per heavy atom. The first-order chi connectivity index (χ1) is 9.97. The van der Waals surface area contributed by atoms with Crippen molar-refractivity contribution in [3.63, 3.8) is 0 Å². The van der Waals surface area contributed by atoms with Crippen LogP contribution in [0.15, 0.2) is 23.1 Å². The second-order valence-corrected chi connectivity index (χ2v) is 6.88. The Labute approximate surface area is 124 Å². The number of aliphatic hydroxyl groups excluding tert-OH is 1. The Morgan fingerprint density at radius 1 is 1.48 bits per heavy atom. The summed E-state index contributed by atoms with van der Waals surface area (Å²) < 4.78 is 46.1. The van der Waals surface area contributed by atoms with Gasteiger partial charge in [0.25, 0.3) is 0 Å². The van der Waals surface area contributed by atoms with Gasteiger partial charge in [-0.3, -0.25) is 0 Å². The number of sulfonamides is 1. The maximum atomic E-state index is 13.8. The quantitative estimate of drug-likeness (QED) is 0.832. The van der Waals surface area contributed by atoms with Gasteiger partial charge >= 0.3 is 0 Å². The van der Waals surface area contributed by atoms with Gasteiger partial charge < -0.3 is 9.84 Å². The molecule has 1 fully saturated rings. The summed E-state index contributed by atoms with van der Waals surface area (Å²) in [4.78, 5) is -0.397. The molecule has 1 aliphatic rings. The predicted molar refractivity (Wildman–Crippen MR) is 75.6 cm³/mol. The van der Waals surface area contributed by atoms with E-state index in [1.54, 1.807) is 0 Å². The Kier molecular flexibility index (Phi) is 5.32. The third-order valence-electron chi connectivity index (χ3n) is 3.75. The van der Waals surface area contributed by atoms with Gasteiger partial charge in [-0.1, -0.05) is 13.0 Å². The van der Waals surface area contributed by atoms with E-state index in [1.165, 1.54) is 12.1 Å². The summed E-state index contributed by atoms with van der Waals surface area (Å²) in [7, 11) is -3.90. The van der Waals surface area contributed by atoms with Gasteiger partial charge in [-0.2, -0.15) is 0 Å². The topological polar surface area (TPSA) is 75.6 Å². The lowest BCUT2D eigenvalue weighted by Crippen LogP contribution is -2.33. The number of halogens is 1. The van der Waals surface area contributed by atoms with E-state index in [-0.39, 0.29) is 25.2 Å². The lowest BCUT2D eigenvalue weighted by atomic mass is 10.0. The number of nitrogens with one attached hydrogen (secondary N) is 1. The van der Waals surface area contributed by atoms with Crippen LogP contribution in [0.3, 0.4) is 0 Å². The molecule has 2 unspecified atom stereocenters. The van der Waals surface area contributed by atoms with Gasteiger partial charge in [0, 0.05) is 19.1 Å². The Morgan fingerprint density at radius 2 is 2.24 bits per heavy atom. The average molecular weight is 317 g/mol. The van der Waals surface area contributed by atoms with Crippen LogP contribution in [-0.4, -0.2) is 32.8 Å². The van der Waals surface area contributed by atoms with Crippen LogP contribution in [-0.2, 0) is 21.4 Å². The van der Waals surface area contributed by atoms with Gasteiger partial charge in [0.2, 0.25) is 10.0 Å². The third kappa shape index (κ3) is 3.79. The van der Waals surface area contributed by atoms with Crippen LogP contribution < -0.4 is 4.72 Å². The van der Waals surface area contributed by atoms with Crippen LogP contribution in [0.2, 0.25) is 0 Å². The molecule has 1 saturated heterocycles. The molecule has 2 rings (SSSR count). The van der Waals surface area contributed by atoms with Crippen LogP contribution >= 0.6 is 0 Å². The number of rotatable bonds is 6. The fraction of sp³-hybridized carbons (Fsp3) is 0.571. The molecule has 118 valence electrons. The van der Waals surface area contributed by atoms with Gasteiger partial charge in [0.05, 0.1) is 12.7 Å². The van der Waals surface area contributed by atoms with E-state index in [1.807, 2.05) is 6.92 Å². The highest BCUT2D eigenvalue weighted by atomic mass is 32.2. The van der Waals surface area contributed by atoms with Crippen molar-refractivity contribution in [2.75, 3.05) is 13.2 Å². The second kappa shape index (κ2) is 6.83. The van der Waals surface area contributed by atoms with Gasteiger partial charge in [-0.15, -0.1) is 0 Å². The molecule has 1 aliphatic heterocycles. The molecule has 5 nitrogen and oxygen atoms in total. The van der Waals surface area contributed by atoms with Gasteiger partial charge in [-0.25, -0.2) is 17.5 Å². The minimum absolute atomic E-state index is 0.0503. The van der Waals surface area contributed by atoms with Crippen molar-refractivity contribution in [2.24, 2.45) is 5.92 Å². The zero-order chi connectivity index (χ0) is 15.5. The molecule has 1 aromatic carbocycles. The highest BCUT2D eigenvalue weighted by Crippen LogP contribution is 2.23. The van der Waals surface area contributed by atoms with Crippen molar-refractivity contribution < 1.29 is 22.7 Å². The van der Waals surface area contributed by atoms with E-state index in [2.05, 4.69) is 4.72 Å². The van der Waals surface area contributed by atoms with Crippen molar-refractivity contribution in [1.82, 2.24) is 4.72 Å². The normalized spacial score (nSPS) is 22.6. The molecule has 0 spiro atoms. The zero-order valence-electron chi connectivity index (χ0n) is 11.9. The van der Waals surface area contributed by atoms with Gasteiger partial charge in [-0.05, 0) is 30.5 Å². The molecular weight excluding hydrogens is 297 g/mol. The summed E-state index contributed by atoms with van der Waals surface area (Å²) in [5, 5.41) is 8.91. The Balaban J connectivity index is 2.08. The molecule has 1 heterocycles. The molecule has 0 bridgehead atoms. The molecule has 0 aromatic heterocycles. The second-order valence-electron chi connectivity index (χ2n) is 5.14. The molecule has 0 radical (unpaired) electrons. The van der Waals surface area contributed by atoms with E-state index < -0.39 is 20.7 Å². The third-order valence-corrected chi connectivity index (χ3v) is 5.21.